The molecule has 1 atom stereocenters. The SMILES string of the molecule is CC(C)[C@@H](Nc1nc(C(F)(F)F)cs1)C(=O)OC(C)(C)C. The van der Waals surface area contributed by atoms with Crippen molar-refractivity contribution >= 4 is 22.4 Å². The lowest BCUT2D eigenvalue weighted by Crippen LogP contribution is -2.40. The third kappa shape index (κ3) is 5.53. The van der Waals surface area contributed by atoms with Gasteiger partial charge in [-0.05, 0) is 26.7 Å². The van der Waals surface area contributed by atoms with E-state index in [1.54, 1.807) is 34.6 Å². The highest BCUT2D eigenvalue weighted by atomic mass is 32.1. The number of ether oxygens (including phenoxy) is 1. The van der Waals surface area contributed by atoms with Gasteiger partial charge in [-0.2, -0.15) is 13.2 Å². The zero-order chi connectivity index (χ0) is 16.4. The average molecular weight is 324 g/mol. The van der Waals surface area contributed by atoms with E-state index in [2.05, 4.69) is 10.3 Å². The van der Waals surface area contributed by atoms with Crippen LogP contribution in [-0.2, 0) is 15.7 Å². The minimum Gasteiger partial charge on any atom is -0.458 e. The Kier molecular flexibility index (Phi) is 5.25. The second kappa shape index (κ2) is 6.21. The summed E-state index contributed by atoms with van der Waals surface area (Å²) in [5.41, 5.74) is -1.63. The predicted octanol–water partition coefficient (Wildman–Crippen LogP) is 3.94. The molecule has 0 radical (unpaired) electrons. The molecule has 0 saturated carbocycles. The minimum absolute atomic E-state index is 0.0480. The number of carbonyl (C=O) groups is 1. The molecule has 0 spiro atoms. The fourth-order valence-corrected chi connectivity index (χ4v) is 2.22. The van der Waals surface area contributed by atoms with Gasteiger partial charge in [0.2, 0.25) is 0 Å². The molecule has 120 valence electrons. The molecule has 1 rings (SSSR count). The molecule has 0 aliphatic rings. The molecule has 0 amide bonds. The topological polar surface area (TPSA) is 51.2 Å². The molecule has 0 aliphatic carbocycles. The largest absolute Gasteiger partial charge is 0.458 e. The van der Waals surface area contributed by atoms with Crippen molar-refractivity contribution in [1.82, 2.24) is 4.98 Å². The maximum atomic E-state index is 12.5. The van der Waals surface area contributed by atoms with E-state index < -0.39 is 29.5 Å². The fraction of sp³-hybridized carbons (Fsp3) is 0.692. The molecule has 1 aromatic rings. The number of esters is 1. The van der Waals surface area contributed by atoms with Crippen LogP contribution in [0.3, 0.4) is 0 Å². The third-order valence-corrected chi connectivity index (χ3v) is 3.17. The van der Waals surface area contributed by atoms with Gasteiger partial charge in [0.15, 0.2) is 10.8 Å². The third-order valence-electron chi connectivity index (χ3n) is 2.40. The Morgan fingerprint density at radius 3 is 2.29 bits per heavy atom. The number of carbonyl (C=O) groups excluding carboxylic acids is 1. The van der Waals surface area contributed by atoms with Crippen LogP contribution in [-0.4, -0.2) is 22.6 Å². The Labute approximate surface area is 125 Å². The number of aromatic nitrogens is 1. The van der Waals surface area contributed by atoms with Crippen molar-refractivity contribution < 1.29 is 22.7 Å². The molecular weight excluding hydrogens is 305 g/mol. The first kappa shape index (κ1) is 17.7. The van der Waals surface area contributed by atoms with Gasteiger partial charge >= 0.3 is 12.1 Å². The number of nitrogens with one attached hydrogen (secondary N) is 1. The van der Waals surface area contributed by atoms with Crippen LogP contribution >= 0.6 is 11.3 Å². The number of hydrogen-bond donors (Lipinski definition) is 1. The van der Waals surface area contributed by atoms with Crippen LogP contribution in [0.1, 0.15) is 40.3 Å². The molecule has 21 heavy (non-hydrogen) atoms. The summed E-state index contributed by atoms with van der Waals surface area (Å²) in [5.74, 6) is -0.667. The lowest BCUT2D eigenvalue weighted by Gasteiger charge is -2.26. The van der Waals surface area contributed by atoms with Crippen molar-refractivity contribution in [3.8, 4) is 0 Å². The summed E-state index contributed by atoms with van der Waals surface area (Å²) in [6, 6.07) is -0.753. The van der Waals surface area contributed by atoms with Crippen molar-refractivity contribution in [3.05, 3.63) is 11.1 Å². The molecule has 1 N–H and O–H groups in total. The van der Waals surface area contributed by atoms with Gasteiger partial charge in [0.05, 0.1) is 0 Å². The summed E-state index contributed by atoms with van der Waals surface area (Å²) < 4.78 is 42.8. The minimum atomic E-state index is -4.49. The normalized spacial score (nSPS) is 14.1. The first-order valence-electron chi connectivity index (χ1n) is 6.42. The van der Waals surface area contributed by atoms with E-state index in [9.17, 15) is 18.0 Å². The number of alkyl halides is 3. The molecule has 0 fully saturated rings. The lowest BCUT2D eigenvalue weighted by molar-refractivity contribution is -0.156. The zero-order valence-corrected chi connectivity index (χ0v) is 13.4. The van der Waals surface area contributed by atoms with Crippen LogP contribution in [0, 0.1) is 5.92 Å². The quantitative estimate of drug-likeness (QED) is 0.852. The van der Waals surface area contributed by atoms with Crippen LogP contribution < -0.4 is 5.32 Å². The second-order valence-corrected chi connectivity index (χ2v) is 6.79. The predicted molar refractivity (Wildman–Crippen MR) is 75.2 cm³/mol. The lowest BCUT2D eigenvalue weighted by atomic mass is 10.0. The Bertz CT molecular complexity index is 492. The van der Waals surface area contributed by atoms with E-state index in [1.165, 1.54) is 0 Å². The van der Waals surface area contributed by atoms with Crippen molar-refractivity contribution in [3.63, 3.8) is 0 Å². The van der Waals surface area contributed by atoms with Crippen LogP contribution in [0.4, 0.5) is 18.3 Å². The molecule has 0 unspecified atom stereocenters. The number of thiazole rings is 1. The second-order valence-electron chi connectivity index (χ2n) is 5.94. The van der Waals surface area contributed by atoms with Gasteiger partial charge in [-0.25, -0.2) is 9.78 Å². The molecule has 0 bridgehead atoms. The average Bonchev–Trinajstić information content (AvgIpc) is 2.70. The highest BCUT2D eigenvalue weighted by Crippen LogP contribution is 2.32. The first-order chi connectivity index (χ1) is 9.40. The summed E-state index contributed by atoms with van der Waals surface area (Å²) >= 11 is 0.808. The molecule has 4 nitrogen and oxygen atoms in total. The molecule has 1 heterocycles. The summed E-state index contributed by atoms with van der Waals surface area (Å²) in [6.07, 6.45) is -4.49. The summed E-state index contributed by atoms with van der Waals surface area (Å²) in [5, 5.41) is 3.69. The van der Waals surface area contributed by atoms with Gasteiger partial charge in [0.25, 0.3) is 0 Å². The standard InChI is InChI=1S/C13H19F3N2O2S/c1-7(2)9(10(19)20-12(3,4)5)18-11-17-8(6-21-11)13(14,15)16/h6-7,9H,1-5H3,(H,17,18)/t9-/m1/s1. The number of hydrogen-bond acceptors (Lipinski definition) is 5. The Morgan fingerprint density at radius 2 is 1.90 bits per heavy atom. The maximum absolute atomic E-state index is 12.5. The summed E-state index contributed by atoms with van der Waals surface area (Å²) in [6.45, 7) is 8.74. The van der Waals surface area contributed by atoms with Crippen molar-refractivity contribution in [1.29, 1.82) is 0 Å². The highest BCUT2D eigenvalue weighted by molar-refractivity contribution is 7.13. The summed E-state index contributed by atoms with van der Waals surface area (Å²) in [4.78, 5) is 15.5. The molecule has 8 heteroatoms. The van der Waals surface area contributed by atoms with E-state index >= 15 is 0 Å². The van der Waals surface area contributed by atoms with E-state index in [0.717, 1.165) is 16.7 Å². The van der Waals surface area contributed by atoms with Gasteiger partial charge < -0.3 is 10.1 Å². The first-order valence-corrected chi connectivity index (χ1v) is 7.30. The molecule has 0 saturated heterocycles. The maximum Gasteiger partial charge on any atom is 0.434 e. The Balaban J connectivity index is 2.84. The van der Waals surface area contributed by atoms with Gasteiger partial charge in [-0.3, -0.25) is 0 Å². The van der Waals surface area contributed by atoms with Gasteiger partial charge in [0.1, 0.15) is 11.6 Å². The number of anilines is 1. The molecule has 1 aromatic heterocycles. The van der Waals surface area contributed by atoms with Gasteiger partial charge in [-0.1, -0.05) is 13.8 Å². The van der Waals surface area contributed by atoms with Crippen LogP contribution in [0.2, 0.25) is 0 Å². The van der Waals surface area contributed by atoms with E-state index in [4.69, 9.17) is 4.74 Å². The van der Waals surface area contributed by atoms with Crippen LogP contribution in [0.15, 0.2) is 5.38 Å². The zero-order valence-electron chi connectivity index (χ0n) is 12.5. The van der Waals surface area contributed by atoms with E-state index in [0.29, 0.717) is 0 Å². The molecular formula is C13H19F3N2O2S. The van der Waals surface area contributed by atoms with Crippen molar-refractivity contribution in [2.45, 2.75) is 52.4 Å². The molecule has 0 aliphatic heterocycles. The Hall–Kier alpha value is -1.31. The van der Waals surface area contributed by atoms with Gasteiger partial charge in [0, 0.05) is 5.38 Å². The molecule has 0 aromatic carbocycles. The van der Waals surface area contributed by atoms with Crippen LogP contribution in [0.25, 0.3) is 0 Å². The number of rotatable bonds is 4. The monoisotopic (exact) mass is 324 g/mol. The Morgan fingerprint density at radius 1 is 1.33 bits per heavy atom. The highest BCUT2D eigenvalue weighted by Gasteiger charge is 2.35. The number of nitrogens with zero attached hydrogens (tertiary/aromatic N) is 1. The van der Waals surface area contributed by atoms with Crippen LogP contribution in [0.5, 0.6) is 0 Å². The van der Waals surface area contributed by atoms with Crippen molar-refractivity contribution in [2.75, 3.05) is 5.32 Å². The van der Waals surface area contributed by atoms with Crippen molar-refractivity contribution in [2.24, 2.45) is 5.92 Å². The van der Waals surface area contributed by atoms with E-state index in [1.807, 2.05) is 0 Å². The number of halogens is 3. The summed E-state index contributed by atoms with van der Waals surface area (Å²) in [7, 11) is 0. The smallest absolute Gasteiger partial charge is 0.434 e. The van der Waals surface area contributed by atoms with Gasteiger partial charge in [-0.15, -0.1) is 11.3 Å². The van der Waals surface area contributed by atoms with E-state index in [-0.39, 0.29) is 11.0 Å². The fourth-order valence-electron chi connectivity index (χ4n) is 1.47.